The highest BCUT2D eigenvalue weighted by molar-refractivity contribution is 9.10. The molecule has 1 heterocycles. The van der Waals surface area contributed by atoms with Crippen molar-refractivity contribution in [2.24, 2.45) is 0 Å². The lowest BCUT2D eigenvalue weighted by molar-refractivity contribution is 0.0688. The van der Waals surface area contributed by atoms with E-state index in [0.29, 0.717) is 27.2 Å². The lowest BCUT2D eigenvalue weighted by atomic mass is 10.1. The van der Waals surface area contributed by atoms with Crippen LogP contribution in [-0.2, 0) is 10.0 Å². The molecule has 0 amide bonds. The summed E-state index contributed by atoms with van der Waals surface area (Å²) in [4.78, 5) is 11.4. The second-order valence-corrected chi connectivity index (χ2v) is 8.82. The van der Waals surface area contributed by atoms with Crippen molar-refractivity contribution in [1.82, 2.24) is 4.57 Å². The van der Waals surface area contributed by atoms with Crippen LogP contribution in [0.2, 0.25) is 0 Å². The minimum absolute atomic E-state index is 0.0135. The van der Waals surface area contributed by atoms with Crippen molar-refractivity contribution < 1.29 is 27.8 Å². The van der Waals surface area contributed by atoms with Crippen LogP contribution < -0.4 is 14.2 Å². The Kier molecular flexibility index (Phi) is 6.09. The van der Waals surface area contributed by atoms with Crippen LogP contribution in [0.5, 0.6) is 11.5 Å². The van der Waals surface area contributed by atoms with Crippen molar-refractivity contribution in [3.8, 4) is 17.2 Å². The number of sulfonamides is 1. The van der Waals surface area contributed by atoms with Crippen molar-refractivity contribution in [2.75, 3.05) is 18.9 Å². The molecule has 0 atom stereocenters. The van der Waals surface area contributed by atoms with Gasteiger partial charge in [-0.25, -0.2) is 13.2 Å². The number of carbonyl (C=O) groups is 1. The lowest BCUT2D eigenvalue weighted by Gasteiger charge is -2.15. The third-order valence-electron chi connectivity index (χ3n) is 4.40. The van der Waals surface area contributed by atoms with Gasteiger partial charge in [-0.05, 0) is 64.8 Å². The molecule has 3 rings (SSSR count). The van der Waals surface area contributed by atoms with Gasteiger partial charge in [-0.2, -0.15) is 0 Å². The molecule has 3 aromatic rings. The molecule has 0 saturated carbocycles. The minimum Gasteiger partial charge on any atom is -0.493 e. The second-order valence-electron chi connectivity index (χ2n) is 6.31. The van der Waals surface area contributed by atoms with Crippen LogP contribution in [0.25, 0.3) is 5.69 Å². The van der Waals surface area contributed by atoms with Crippen molar-refractivity contribution in [3.63, 3.8) is 0 Å². The van der Waals surface area contributed by atoms with Gasteiger partial charge in [0.1, 0.15) is 10.6 Å². The van der Waals surface area contributed by atoms with Crippen LogP contribution in [0.3, 0.4) is 0 Å². The molecular formula is C20H19BrN2O6S. The summed E-state index contributed by atoms with van der Waals surface area (Å²) in [6.07, 6.45) is 1.64. The molecule has 30 heavy (non-hydrogen) atoms. The van der Waals surface area contributed by atoms with Gasteiger partial charge in [0.05, 0.1) is 14.2 Å². The summed E-state index contributed by atoms with van der Waals surface area (Å²) in [5.41, 5.74) is 1.77. The summed E-state index contributed by atoms with van der Waals surface area (Å²) in [6.45, 7) is 1.77. The number of aromatic nitrogens is 1. The number of anilines is 1. The third kappa shape index (κ3) is 4.14. The molecule has 10 heteroatoms. The number of hydrogen-bond donors (Lipinski definition) is 2. The number of nitrogens with zero attached hydrogens (tertiary/aromatic N) is 1. The largest absolute Gasteiger partial charge is 0.493 e. The zero-order chi connectivity index (χ0) is 22.1. The standard InChI is InChI=1S/C20H19BrN2O6S/c1-12-9-13(6-7-15(12)23-8-4-5-16(23)20(24)25)22-30(26,27)19-11-18(29-3)17(28-2)10-14(19)21/h4-11,22H,1-3H3,(H,24,25). The van der Waals surface area contributed by atoms with E-state index >= 15 is 0 Å². The molecule has 0 aliphatic heterocycles. The number of carboxylic acid groups (broad SMARTS) is 1. The number of benzene rings is 2. The summed E-state index contributed by atoms with van der Waals surface area (Å²) >= 11 is 3.26. The number of ether oxygens (including phenoxy) is 2. The number of carboxylic acids is 1. The minimum atomic E-state index is -3.94. The van der Waals surface area contributed by atoms with Crippen LogP contribution in [0.4, 0.5) is 5.69 Å². The van der Waals surface area contributed by atoms with E-state index in [0.717, 1.165) is 0 Å². The Balaban J connectivity index is 1.96. The van der Waals surface area contributed by atoms with E-state index in [1.165, 1.54) is 37.0 Å². The van der Waals surface area contributed by atoms with E-state index in [2.05, 4.69) is 20.7 Å². The van der Waals surface area contributed by atoms with Crippen LogP contribution in [0.15, 0.2) is 58.0 Å². The number of aromatic carboxylic acids is 1. The molecule has 8 nitrogen and oxygen atoms in total. The summed E-state index contributed by atoms with van der Waals surface area (Å²) < 4.78 is 40.6. The van der Waals surface area contributed by atoms with E-state index in [1.807, 2.05) is 0 Å². The van der Waals surface area contributed by atoms with Gasteiger partial charge in [-0.1, -0.05) is 0 Å². The lowest BCUT2D eigenvalue weighted by Crippen LogP contribution is -2.14. The first-order chi connectivity index (χ1) is 14.2. The number of hydrogen-bond acceptors (Lipinski definition) is 5. The Labute approximate surface area is 182 Å². The molecular weight excluding hydrogens is 476 g/mol. The maximum absolute atomic E-state index is 12.9. The molecule has 0 fully saturated rings. The predicted octanol–water partition coefficient (Wildman–Crippen LogP) is 4.06. The summed E-state index contributed by atoms with van der Waals surface area (Å²) in [5.74, 6) is -0.381. The number of aryl methyl sites for hydroxylation is 1. The van der Waals surface area contributed by atoms with Gasteiger partial charge in [0.2, 0.25) is 0 Å². The summed E-state index contributed by atoms with van der Waals surface area (Å²) in [5, 5.41) is 9.31. The number of nitrogens with one attached hydrogen (secondary N) is 1. The van der Waals surface area contributed by atoms with E-state index < -0.39 is 16.0 Å². The quantitative estimate of drug-likeness (QED) is 0.512. The Morgan fingerprint density at radius 3 is 2.37 bits per heavy atom. The fraction of sp³-hybridized carbons (Fsp3) is 0.150. The highest BCUT2D eigenvalue weighted by Gasteiger charge is 2.22. The van der Waals surface area contributed by atoms with Gasteiger partial charge in [-0.15, -0.1) is 0 Å². The number of methoxy groups -OCH3 is 2. The summed E-state index contributed by atoms with van der Waals surface area (Å²) in [6, 6.07) is 10.9. The Bertz CT molecular complexity index is 1220. The molecule has 0 spiro atoms. The van der Waals surface area contributed by atoms with Gasteiger partial charge in [0, 0.05) is 28.1 Å². The molecule has 2 N–H and O–H groups in total. The fourth-order valence-corrected chi connectivity index (χ4v) is 5.09. The van der Waals surface area contributed by atoms with Crippen LogP contribution in [-0.4, -0.2) is 38.3 Å². The highest BCUT2D eigenvalue weighted by atomic mass is 79.9. The SMILES string of the molecule is COc1cc(Br)c(S(=O)(=O)Nc2ccc(-n3cccc3C(=O)O)c(C)c2)cc1OC. The smallest absolute Gasteiger partial charge is 0.352 e. The molecule has 158 valence electrons. The van der Waals surface area contributed by atoms with E-state index in [-0.39, 0.29) is 16.3 Å². The first-order valence-electron chi connectivity index (χ1n) is 8.64. The van der Waals surface area contributed by atoms with E-state index in [1.54, 1.807) is 37.4 Å². The maximum Gasteiger partial charge on any atom is 0.352 e. The van der Waals surface area contributed by atoms with Gasteiger partial charge >= 0.3 is 5.97 Å². The molecule has 2 aromatic carbocycles. The molecule has 0 saturated heterocycles. The molecule has 0 aliphatic rings. The van der Waals surface area contributed by atoms with Crippen molar-refractivity contribution in [3.05, 3.63) is 64.4 Å². The molecule has 0 unspecified atom stereocenters. The average molecular weight is 495 g/mol. The fourth-order valence-electron chi connectivity index (χ4n) is 3.01. The van der Waals surface area contributed by atoms with Crippen LogP contribution in [0.1, 0.15) is 16.1 Å². The Hall–Kier alpha value is -2.98. The number of rotatable bonds is 7. The zero-order valence-corrected chi connectivity index (χ0v) is 18.7. The average Bonchev–Trinajstić information content (AvgIpc) is 3.17. The molecule has 0 radical (unpaired) electrons. The summed E-state index contributed by atoms with van der Waals surface area (Å²) in [7, 11) is -1.06. The van der Waals surface area contributed by atoms with Crippen molar-refractivity contribution in [1.29, 1.82) is 0 Å². The zero-order valence-electron chi connectivity index (χ0n) is 16.3. The number of halogens is 1. The monoisotopic (exact) mass is 494 g/mol. The Morgan fingerprint density at radius 2 is 1.77 bits per heavy atom. The van der Waals surface area contributed by atoms with Crippen molar-refractivity contribution in [2.45, 2.75) is 11.8 Å². The first kappa shape index (κ1) is 21.7. The topological polar surface area (TPSA) is 107 Å². The maximum atomic E-state index is 12.9. The van der Waals surface area contributed by atoms with Crippen LogP contribution >= 0.6 is 15.9 Å². The molecule has 0 aliphatic carbocycles. The second kappa shape index (κ2) is 8.41. The van der Waals surface area contributed by atoms with E-state index in [9.17, 15) is 18.3 Å². The normalized spacial score (nSPS) is 11.2. The molecule has 0 bridgehead atoms. The highest BCUT2D eigenvalue weighted by Crippen LogP contribution is 2.36. The van der Waals surface area contributed by atoms with Crippen LogP contribution in [0, 0.1) is 6.92 Å². The van der Waals surface area contributed by atoms with Gasteiger partial charge in [0.25, 0.3) is 10.0 Å². The molecule has 1 aromatic heterocycles. The third-order valence-corrected chi connectivity index (χ3v) is 6.74. The van der Waals surface area contributed by atoms with Gasteiger partial charge in [0.15, 0.2) is 11.5 Å². The predicted molar refractivity (Wildman–Crippen MR) is 116 cm³/mol. The van der Waals surface area contributed by atoms with Crippen molar-refractivity contribution >= 4 is 37.6 Å². The van der Waals surface area contributed by atoms with Gasteiger partial charge in [-0.3, -0.25) is 4.72 Å². The Morgan fingerprint density at radius 1 is 1.10 bits per heavy atom. The first-order valence-corrected chi connectivity index (χ1v) is 10.9. The van der Waals surface area contributed by atoms with E-state index in [4.69, 9.17) is 9.47 Å². The van der Waals surface area contributed by atoms with Gasteiger partial charge < -0.3 is 19.1 Å².